The molecule has 7 nitrogen and oxygen atoms in total. The second-order valence-electron chi connectivity index (χ2n) is 4.65. The van der Waals surface area contributed by atoms with Gasteiger partial charge in [0.15, 0.2) is 5.69 Å². The van der Waals surface area contributed by atoms with Gasteiger partial charge in [-0.1, -0.05) is 12.1 Å². The smallest absolute Gasteiger partial charge is 0.355 e. The molecule has 1 N–H and O–H groups in total. The number of hydrogen-bond donors (Lipinski definition) is 1. The molecule has 0 unspecified atom stereocenters. The zero-order valence-electron chi connectivity index (χ0n) is 10.2. The molecule has 1 fully saturated rings. The number of aromatic carboxylic acids is 1. The Morgan fingerprint density at radius 2 is 2.11 bits per heavy atom. The van der Waals surface area contributed by atoms with Crippen LogP contribution in [0.3, 0.4) is 0 Å². The second-order valence-corrected chi connectivity index (χ2v) is 4.65. The molecule has 1 aromatic rings. The number of carboxylic acids is 1. The van der Waals surface area contributed by atoms with Gasteiger partial charge in [-0.2, -0.15) is 0 Å². The van der Waals surface area contributed by atoms with Crippen LogP contribution in [-0.2, 0) is 11.3 Å². The molecule has 1 aliphatic heterocycles. The predicted octanol–water partition coefficient (Wildman–Crippen LogP) is 0.235. The van der Waals surface area contributed by atoms with E-state index in [1.165, 1.54) is 0 Å². The lowest BCUT2D eigenvalue weighted by Gasteiger charge is -2.30. The van der Waals surface area contributed by atoms with Crippen LogP contribution in [0.2, 0.25) is 0 Å². The third-order valence-electron chi connectivity index (χ3n) is 3.26. The maximum atomic E-state index is 12.0. The molecule has 1 saturated heterocycles. The van der Waals surface area contributed by atoms with Crippen LogP contribution in [0.4, 0.5) is 0 Å². The Kier molecular flexibility index (Phi) is 3.59. The molecule has 0 saturated carbocycles. The molecule has 0 bridgehead atoms. The Bertz CT molecular complexity index is 449. The van der Waals surface area contributed by atoms with Gasteiger partial charge in [-0.25, -0.2) is 9.48 Å². The highest BCUT2D eigenvalue weighted by Gasteiger charge is 2.22. The van der Waals surface area contributed by atoms with Crippen molar-refractivity contribution < 1.29 is 14.7 Å². The molecule has 0 aliphatic carbocycles. The van der Waals surface area contributed by atoms with Crippen molar-refractivity contribution in [2.75, 3.05) is 13.1 Å². The normalized spacial score (nSPS) is 16.8. The number of amides is 1. The van der Waals surface area contributed by atoms with Crippen molar-refractivity contribution in [1.82, 2.24) is 19.9 Å². The fourth-order valence-corrected chi connectivity index (χ4v) is 2.03. The van der Waals surface area contributed by atoms with E-state index in [4.69, 9.17) is 5.11 Å². The number of aromatic nitrogens is 3. The number of likely N-dealkylation sites (tertiary alicyclic amines) is 1. The number of rotatable bonds is 3. The van der Waals surface area contributed by atoms with Crippen LogP contribution >= 0.6 is 0 Å². The Labute approximate surface area is 104 Å². The van der Waals surface area contributed by atoms with E-state index in [-0.39, 0.29) is 18.1 Å². The van der Waals surface area contributed by atoms with E-state index in [0.717, 1.165) is 36.8 Å². The lowest BCUT2D eigenvalue weighted by molar-refractivity contribution is -0.133. The van der Waals surface area contributed by atoms with Crippen molar-refractivity contribution in [2.45, 2.75) is 26.3 Å². The average molecular weight is 252 g/mol. The third-order valence-corrected chi connectivity index (χ3v) is 3.26. The molecule has 2 heterocycles. The van der Waals surface area contributed by atoms with E-state index in [9.17, 15) is 9.59 Å². The maximum absolute atomic E-state index is 12.0. The van der Waals surface area contributed by atoms with Crippen molar-refractivity contribution in [1.29, 1.82) is 0 Å². The zero-order chi connectivity index (χ0) is 13.1. The van der Waals surface area contributed by atoms with Crippen molar-refractivity contribution in [3.05, 3.63) is 11.9 Å². The van der Waals surface area contributed by atoms with E-state index in [1.807, 2.05) is 0 Å². The van der Waals surface area contributed by atoms with Gasteiger partial charge in [0.1, 0.15) is 6.54 Å². The molecule has 0 atom stereocenters. The predicted molar refractivity (Wildman–Crippen MR) is 62.0 cm³/mol. The van der Waals surface area contributed by atoms with Gasteiger partial charge in [-0.3, -0.25) is 4.79 Å². The van der Waals surface area contributed by atoms with Gasteiger partial charge in [0.05, 0.1) is 6.20 Å². The summed E-state index contributed by atoms with van der Waals surface area (Å²) in [6.07, 6.45) is 3.14. The monoisotopic (exact) mass is 252 g/mol. The average Bonchev–Trinajstić information content (AvgIpc) is 2.78. The lowest BCUT2D eigenvalue weighted by atomic mass is 9.99. The molecule has 0 spiro atoms. The second kappa shape index (κ2) is 5.16. The number of carboxylic acid groups (broad SMARTS) is 1. The molecular weight excluding hydrogens is 236 g/mol. The Morgan fingerprint density at radius 1 is 1.44 bits per heavy atom. The molecule has 0 radical (unpaired) electrons. The topological polar surface area (TPSA) is 88.3 Å². The Morgan fingerprint density at radius 3 is 2.72 bits per heavy atom. The fraction of sp³-hybridized carbons (Fsp3) is 0.636. The van der Waals surface area contributed by atoms with Crippen LogP contribution in [0.1, 0.15) is 30.3 Å². The van der Waals surface area contributed by atoms with Crippen LogP contribution in [0.25, 0.3) is 0 Å². The quantitative estimate of drug-likeness (QED) is 0.832. The van der Waals surface area contributed by atoms with Crippen LogP contribution in [-0.4, -0.2) is 50.0 Å². The highest BCUT2D eigenvalue weighted by Crippen LogP contribution is 2.16. The minimum atomic E-state index is -1.12. The molecular formula is C11H16N4O3. The van der Waals surface area contributed by atoms with E-state index in [0.29, 0.717) is 5.92 Å². The SMILES string of the molecule is CC1CCN(C(=O)Cn2nncc2C(=O)O)CC1. The summed E-state index contributed by atoms with van der Waals surface area (Å²) in [4.78, 5) is 24.6. The van der Waals surface area contributed by atoms with Crippen LogP contribution < -0.4 is 0 Å². The maximum Gasteiger partial charge on any atom is 0.355 e. The van der Waals surface area contributed by atoms with Crippen LogP contribution in [0, 0.1) is 5.92 Å². The number of carbonyl (C=O) groups excluding carboxylic acids is 1. The van der Waals surface area contributed by atoms with E-state index < -0.39 is 5.97 Å². The highest BCUT2D eigenvalue weighted by molar-refractivity contribution is 5.86. The summed E-state index contributed by atoms with van der Waals surface area (Å²) in [6, 6.07) is 0. The molecule has 1 aromatic heterocycles. The van der Waals surface area contributed by atoms with E-state index in [1.54, 1.807) is 4.90 Å². The van der Waals surface area contributed by atoms with Gasteiger partial charge < -0.3 is 10.0 Å². The molecule has 0 aromatic carbocycles. The first kappa shape index (κ1) is 12.5. The van der Waals surface area contributed by atoms with Crippen molar-refractivity contribution in [2.24, 2.45) is 5.92 Å². The summed E-state index contributed by atoms with van der Waals surface area (Å²) in [5.74, 6) is -0.579. The molecule has 2 rings (SSSR count). The number of hydrogen-bond acceptors (Lipinski definition) is 4. The third kappa shape index (κ3) is 2.66. The van der Waals surface area contributed by atoms with Gasteiger partial charge >= 0.3 is 5.97 Å². The van der Waals surface area contributed by atoms with Gasteiger partial charge in [0.2, 0.25) is 5.91 Å². The summed E-state index contributed by atoms with van der Waals surface area (Å²) < 4.78 is 1.13. The summed E-state index contributed by atoms with van der Waals surface area (Å²) in [7, 11) is 0. The molecule has 1 aliphatic rings. The van der Waals surface area contributed by atoms with E-state index in [2.05, 4.69) is 17.2 Å². The molecule has 98 valence electrons. The van der Waals surface area contributed by atoms with Crippen LogP contribution in [0.5, 0.6) is 0 Å². The van der Waals surface area contributed by atoms with Gasteiger partial charge in [0.25, 0.3) is 0 Å². The molecule has 1 amide bonds. The van der Waals surface area contributed by atoms with E-state index >= 15 is 0 Å². The van der Waals surface area contributed by atoms with Crippen LogP contribution in [0.15, 0.2) is 6.20 Å². The van der Waals surface area contributed by atoms with Gasteiger partial charge in [-0.05, 0) is 18.8 Å². The first-order valence-corrected chi connectivity index (χ1v) is 5.97. The highest BCUT2D eigenvalue weighted by atomic mass is 16.4. The van der Waals surface area contributed by atoms with Gasteiger partial charge in [0, 0.05) is 13.1 Å². The summed E-state index contributed by atoms with van der Waals surface area (Å²) >= 11 is 0. The number of carbonyl (C=O) groups is 2. The molecule has 7 heteroatoms. The first-order chi connectivity index (χ1) is 8.58. The largest absolute Gasteiger partial charge is 0.476 e. The number of nitrogens with zero attached hydrogens (tertiary/aromatic N) is 4. The fourth-order valence-electron chi connectivity index (χ4n) is 2.03. The summed E-state index contributed by atoms with van der Waals surface area (Å²) in [5.41, 5.74) is -0.0614. The van der Waals surface area contributed by atoms with Crippen molar-refractivity contribution in [3.8, 4) is 0 Å². The summed E-state index contributed by atoms with van der Waals surface area (Å²) in [6.45, 7) is 3.58. The Balaban J connectivity index is 1.98. The van der Waals surface area contributed by atoms with Crippen molar-refractivity contribution >= 4 is 11.9 Å². The minimum absolute atomic E-state index is 0.0595. The Hall–Kier alpha value is -1.92. The molecule has 18 heavy (non-hydrogen) atoms. The lowest BCUT2D eigenvalue weighted by Crippen LogP contribution is -2.40. The minimum Gasteiger partial charge on any atom is -0.476 e. The first-order valence-electron chi connectivity index (χ1n) is 5.97. The standard InChI is InChI=1S/C11H16N4O3/c1-8-2-4-14(5-3-8)10(16)7-15-9(11(17)18)6-12-13-15/h6,8H,2-5,7H2,1H3,(H,17,18). The van der Waals surface area contributed by atoms with Crippen molar-refractivity contribution in [3.63, 3.8) is 0 Å². The summed E-state index contributed by atoms with van der Waals surface area (Å²) in [5, 5.41) is 16.0. The zero-order valence-corrected chi connectivity index (χ0v) is 10.2. The number of piperidine rings is 1. The van der Waals surface area contributed by atoms with Gasteiger partial charge in [-0.15, -0.1) is 5.10 Å².